The number of aryl methyl sites for hydroxylation is 1. The highest BCUT2D eigenvalue weighted by Crippen LogP contribution is 2.20. The number of rotatable bonds is 3. The van der Waals surface area contributed by atoms with Crippen LogP contribution in [0.3, 0.4) is 0 Å². The summed E-state index contributed by atoms with van der Waals surface area (Å²) in [5.41, 5.74) is 3.87. The Hall–Kier alpha value is -1.61. The molecule has 0 fully saturated rings. The number of hydrogen-bond donors (Lipinski definition) is 1. The lowest BCUT2D eigenvalue weighted by Crippen LogP contribution is -2.15. The zero-order valence-electron chi connectivity index (χ0n) is 11.3. The summed E-state index contributed by atoms with van der Waals surface area (Å²) in [7, 11) is 1.66. The minimum atomic E-state index is 0.134. The SMILES string of the molecule is COCc1cccc2c(=O)c(C(C)C)c(C)[nH]c12. The van der Waals surface area contributed by atoms with E-state index in [0.29, 0.717) is 6.61 Å². The Bertz CT molecular complexity index is 626. The van der Waals surface area contributed by atoms with Crippen LogP contribution in [-0.4, -0.2) is 12.1 Å². The van der Waals surface area contributed by atoms with E-state index < -0.39 is 0 Å². The second-order valence-electron chi connectivity index (χ2n) is 4.92. The number of nitrogens with one attached hydrogen (secondary N) is 1. The van der Waals surface area contributed by atoms with Gasteiger partial charge in [0.2, 0.25) is 0 Å². The first-order valence-corrected chi connectivity index (χ1v) is 6.19. The van der Waals surface area contributed by atoms with Crippen LogP contribution in [0.1, 0.15) is 36.6 Å². The summed E-state index contributed by atoms with van der Waals surface area (Å²) in [4.78, 5) is 15.8. The van der Waals surface area contributed by atoms with Crippen molar-refractivity contribution in [2.45, 2.75) is 33.3 Å². The van der Waals surface area contributed by atoms with Gasteiger partial charge in [-0.2, -0.15) is 0 Å². The van der Waals surface area contributed by atoms with Gasteiger partial charge < -0.3 is 9.72 Å². The number of benzene rings is 1. The summed E-state index contributed by atoms with van der Waals surface area (Å²) >= 11 is 0. The van der Waals surface area contributed by atoms with Crippen LogP contribution in [0.25, 0.3) is 10.9 Å². The molecule has 1 aromatic carbocycles. The Morgan fingerprint density at radius 1 is 1.33 bits per heavy atom. The molecule has 18 heavy (non-hydrogen) atoms. The molecule has 3 heteroatoms. The molecule has 0 aliphatic carbocycles. The third kappa shape index (κ3) is 2.06. The van der Waals surface area contributed by atoms with Gasteiger partial charge in [0.05, 0.1) is 12.1 Å². The Balaban J connectivity index is 2.81. The molecule has 0 unspecified atom stereocenters. The van der Waals surface area contributed by atoms with Crippen molar-refractivity contribution >= 4 is 10.9 Å². The monoisotopic (exact) mass is 245 g/mol. The highest BCUT2D eigenvalue weighted by Gasteiger charge is 2.13. The van der Waals surface area contributed by atoms with Crippen LogP contribution < -0.4 is 5.43 Å². The topological polar surface area (TPSA) is 42.1 Å². The van der Waals surface area contributed by atoms with E-state index in [0.717, 1.165) is 27.7 Å². The standard InChI is InChI=1S/C15H19NO2/c1-9(2)13-10(3)16-14-11(8-18-4)6-5-7-12(14)15(13)17/h5-7,9H,8H2,1-4H3,(H,16,17). The van der Waals surface area contributed by atoms with Crippen LogP contribution in [0.2, 0.25) is 0 Å². The van der Waals surface area contributed by atoms with Crippen molar-refractivity contribution < 1.29 is 4.74 Å². The second kappa shape index (κ2) is 4.94. The minimum absolute atomic E-state index is 0.134. The van der Waals surface area contributed by atoms with Crippen molar-refractivity contribution in [1.82, 2.24) is 4.98 Å². The van der Waals surface area contributed by atoms with Gasteiger partial charge in [-0.25, -0.2) is 0 Å². The van der Waals surface area contributed by atoms with E-state index in [2.05, 4.69) is 4.98 Å². The molecule has 0 aliphatic rings. The Morgan fingerprint density at radius 2 is 2.06 bits per heavy atom. The average molecular weight is 245 g/mol. The molecule has 0 aliphatic heterocycles. The zero-order valence-corrected chi connectivity index (χ0v) is 11.3. The van der Waals surface area contributed by atoms with Crippen molar-refractivity contribution in [1.29, 1.82) is 0 Å². The fourth-order valence-electron chi connectivity index (χ4n) is 2.48. The number of aromatic amines is 1. The van der Waals surface area contributed by atoms with Gasteiger partial charge in [0.1, 0.15) is 0 Å². The summed E-state index contributed by atoms with van der Waals surface area (Å²) in [6, 6.07) is 5.76. The van der Waals surface area contributed by atoms with E-state index in [1.54, 1.807) is 7.11 Å². The van der Waals surface area contributed by atoms with Crippen molar-refractivity contribution in [3.63, 3.8) is 0 Å². The minimum Gasteiger partial charge on any atom is -0.380 e. The molecule has 1 N–H and O–H groups in total. The van der Waals surface area contributed by atoms with Crippen molar-refractivity contribution in [3.8, 4) is 0 Å². The summed E-state index contributed by atoms with van der Waals surface area (Å²) < 4.78 is 5.17. The third-order valence-corrected chi connectivity index (χ3v) is 3.23. The molecule has 2 rings (SSSR count). The normalized spacial score (nSPS) is 11.4. The van der Waals surface area contributed by atoms with Crippen molar-refractivity contribution in [3.05, 3.63) is 45.2 Å². The highest BCUT2D eigenvalue weighted by atomic mass is 16.5. The molecule has 0 saturated heterocycles. The molecule has 0 atom stereocenters. The van der Waals surface area contributed by atoms with Gasteiger partial charge >= 0.3 is 0 Å². The Kier molecular flexibility index (Phi) is 3.53. The predicted octanol–water partition coefficient (Wildman–Crippen LogP) is 3.11. The Morgan fingerprint density at radius 3 is 2.67 bits per heavy atom. The van der Waals surface area contributed by atoms with Gasteiger partial charge in [-0.3, -0.25) is 4.79 Å². The molecular weight excluding hydrogens is 226 g/mol. The summed E-state index contributed by atoms with van der Waals surface area (Å²) in [6.45, 7) is 6.55. The van der Waals surface area contributed by atoms with Crippen LogP contribution in [0.5, 0.6) is 0 Å². The van der Waals surface area contributed by atoms with Crippen LogP contribution >= 0.6 is 0 Å². The predicted molar refractivity (Wildman–Crippen MR) is 74.1 cm³/mol. The zero-order chi connectivity index (χ0) is 13.3. The number of pyridine rings is 1. The van der Waals surface area contributed by atoms with Crippen molar-refractivity contribution in [2.75, 3.05) is 7.11 Å². The van der Waals surface area contributed by atoms with Crippen LogP contribution in [0.15, 0.2) is 23.0 Å². The second-order valence-corrected chi connectivity index (χ2v) is 4.92. The molecular formula is C15H19NO2. The molecule has 0 spiro atoms. The van der Waals surface area contributed by atoms with E-state index in [1.807, 2.05) is 39.0 Å². The van der Waals surface area contributed by atoms with E-state index in [4.69, 9.17) is 4.74 Å². The lowest BCUT2D eigenvalue weighted by atomic mass is 9.98. The maximum Gasteiger partial charge on any atom is 0.193 e. The number of ether oxygens (including phenoxy) is 1. The van der Waals surface area contributed by atoms with Gasteiger partial charge in [-0.1, -0.05) is 26.0 Å². The fourth-order valence-corrected chi connectivity index (χ4v) is 2.48. The quantitative estimate of drug-likeness (QED) is 0.902. The van der Waals surface area contributed by atoms with Gasteiger partial charge in [-0.05, 0) is 18.9 Å². The van der Waals surface area contributed by atoms with Gasteiger partial charge in [-0.15, -0.1) is 0 Å². The largest absolute Gasteiger partial charge is 0.380 e. The summed E-state index contributed by atoms with van der Waals surface area (Å²) in [5.74, 6) is 0.226. The number of para-hydroxylation sites is 1. The summed E-state index contributed by atoms with van der Waals surface area (Å²) in [6.07, 6.45) is 0. The van der Waals surface area contributed by atoms with Gasteiger partial charge in [0, 0.05) is 29.3 Å². The van der Waals surface area contributed by atoms with Gasteiger partial charge in [0.15, 0.2) is 5.43 Å². The van der Waals surface area contributed by atoms with E-state index in [1.165, 1.54) is 0 Å². The first-order valence-electron chi connectivity index (χ1n) is 6.19. The Labute approximate surface area is 107 Å². The lowest BCUT2D eigenvalue weighted by Gasteiger charge is -2.13. The highest BCUT2D eigenvalue weighted by molar-refractivity contribution is 5.82. The lowest BCUT2D eigenvalue weighted by molar-refractivity contribution is 0.186. The number of H-pyrrole nitrogens is 1. The number of aromatic nitrogens is 1. The molecule has 3 nitrogen and oxygen atoms in total. The van der Waals surface area contributed by atoms with Crippen LogP contribution in [-0.2, 0) is 11.3 Å². The third-order valence-electron chi connectivity index (χ3n) is 3.23. The first kappa shape index (κ1) is 12.8. The van der Waals surface area contributed by atoms with E-state index >= 15 is 0 Å². The van der Waals surface area contributed by atoms with Crippen LogP contribution in [0.4, 0.5) is 0 Å². The average Bonchev–Trinajstić information content (AvgIpc) is 2.30. The fraction of sp³-hybridized carbons (Fsp3) is 0.400. The van der Waals surface area contributed by atoms with E-state index in [-0.39, 0.29) is 11.3 Å². The maximum absolute atomic E-state index is 12.5. The molecule has 0 radical (unpaired) electrons. The van der Waals surface area contributed by atoms with E-state index in [9.17, 15) is 4.79 Å². The number of methoxy groups -OCH3 is 1. The number of hydrogen-bond acceptors (Lipinski definition) is 2. The first-order chi connectivity index (χ1) is 8.56. The molecule has 96 valence electrons. The maximum atomic E-state index is 12.5. The molecule has 1 heterocycles. The molecule has 0 bridgehead atoms. The molecule has 1 aromatic heterocycles. The molecule has 0 saturated carbocycles. The van der Waals surface area contributed by atoms with Crippen LogP contribution in [0, 0.1) is 6.92 Å². The molecule has 2 aromatic rings. The molecule has 0 amide bonds. The van der Waals surface area contributed by atoms with Crippen molar-refractivity contribution in [2.24, 2.45) is 0 Å². The summed E-state index contributed by atoms with van der Waals surface area (Å²) in [5, 5.41) is 0.749. The number of fused-ring (bicyclic) bond motifs is 1. The van der Waals surface area contributed by atoms with Gasteiger partial charge in [0.25, 0.3) is 0 Å². The smallest absolute Gasteiger partial charge is 0.193 e.